The summed E-state index contributed by atoms with van der Waals surface area (Å²) in [7, 11) is 0. The van der Waals surface area contributed by atoms with Crippen molar-refractivity contribution >= 4 is 12.1 Å². The van der Waals surface area contributed by atoms with E-state index in [2.05, 4.69) is 22.3 Å². The van der Waals surface area contributed by atoms with Crippen LogP contribution in [-0.4, -0.2) is 46.8 Å². The molecule has 6 heteroatoms. The topological polar surface area (TPSA) is 78.9 Å². The van der Waals surface area contributed by atoms with Gasteiger partial charge in [0.05, 0.1) is 0 Å². The van der Waals surface area contributed by atoms with Gasteiger partial charge in [-0.2, -0.15) is 0 Å². The third-order valence-electron chi connectivity index (χ3n) is 4.51. The lowest BCUT2D eigenvalue weighted by atomic mass is 9.90. The average molecular weight is 362 g/mol. The molecule has 1 unspecified atom stereocenters. The smallest absolute Gasteiger partial charge is 0.408 e. The second-order valence-electron chi connectivity index (χ2n) is 7.98. The number of nitrogens with one attached hydrogen (secondary N) is 1. The van der Waals surface area contributed by atoms with Crippen molar-refractivity contribution in [3.05, 3.63) is 35.9 Å². The van der Waals surface area contributed by atoms with Gasteiger partial charge in [0.25, 0.3) is 0 Å². The van der Waals surface area contributed by atoms with Crippen molar-refractivity contribution in [1.29, 1.82) is 0 Å². The van der Waals surface area contributed by atoms with Gasteiger partial charge in [-0.25, -0.2) is 9.59 Å². The van der Waals surface area contributed by atoms with E-state index in [-0.39, 0.29) is 5.92 Å². The van der Waals surface area contributed by atoms with Gasteiger partial charge < -0.3 is 15.2 Å². The van der Waals surface area contributed by atoms with Gasteiger partial charge in [0.1, 0.15) is 11.6 Å². The Bertz CT molecular complexity index is 590. The Morgan fingerprint density at radius 1 is 1.23 bits per heavy atom. The minimum Gasteiger partial charge on any atom is -0.480 e. The molecule has 144 valence electrons. The number of piperidine rings is 1. The second-order valence-corrected chi connectivity index (χ2v) is 7.98. The maximum absolute atomic E-state index is 11.9. The predicted molar refractivity (Wildman–Crippen MR) is 99.9 cm³/mol. The largest absolute Gasteiger partial charge is 0.480 e. The number of likely N-dealkylation sites (tertiary alicyclic amines) is 1. The first-order chi connectivity index (χ1) is 12.2. The van der Waals surface area contributed by atoms with E-state index in [0.717, 1.165) is 32.5 Å². The number of amides is 1. The molecule has 1 aliphatic rings. The third-order valence-corrected chi connectivity index (χ3v) is 4.51. The number of benzene rings is 1. The van der Waals surface area contributed by atoms with Crippen LogP contribution >= 0.6 is 0 Å². The maximum Gasteiger partial charge on any atom is 0.408 e. The predicted octanol–water partition coefficient (Wildman–Crippen LogP) is 3.27. The van der Waals surface area contributed by atoms with Crippen molar-refractivity contribution in [3.63, 3.8) is 0 Å². The van der Waals surface area contributed by atoms with Crippen LogP contribution in [0.4, 0.5) is 4.79 Å². The van der Waals surface area contributed by atoms with E-state index in [4.69, 9.17) is 4.74 Å². The normalized spacial score (nSPS) is 17.5. The minimum atomic E-state index is -1.01. The average Bonchev–Trinajstić information content (AvgIpc) is 2.55. The lowest BCUT2D eigenvalue weighted by Gasteiger charge is -2.33. The van der Waals surface area contributed by atoms with Crippen molar-refractivity contribution in [2.45, 2.75) is 58.2 Å². The summed E-state index contributed by atoms with van der Waals surface area (Å²) in [6.45, 7) is 8.07. The molecule has 2 rings (SSSR count). The zero-order valence-corrected chi connectivity index (χ0v) is 15.9. The Kier molecular flexibility index (Phi) is 7.03. The van der Waals surface area contributed by atoms with E-state index in [1.54, 1.807) is 20.8 Å². The molecular formula is C20H30N2O4. The van der Waals surface area contributed by atoms with Crippen molar-refractivity contribution in [1.82, 2.24) is 10.2 Å². The molecule has 1 amide bonds. The Morgan fingerprint density at radius 3 is 2.38 bits per heavy atom. The van der Waals surface area contributed by atoms with Crippen LogP contribution in [0.5, 0.6) is 0 Å². The summed E-state index contributed by atoms with van der Waals surface area (Å²) in [6.07, 6.45) is 1.64. The van der Waals surface area contributed by atoms with Gasteiger partial charge in [-0.3, -0.25) is 4.90 Å². The van der Waals surface area contributed by atoms with Crippen LogP contribution in [0.2, 0.25) is 0 Å². The Morgan fingerprint density at radius 2 is 1.85 bits per heavy atom. The molecule has 2 N–H and O–H groups in total. The van der Waals surface area contributed by atoms with Crippen molar-refractivity contribution in [2.75, 3.05) is 13.1 Å². The van der Waals surface area contributed by atoms with Gasteiger partial charge in [-0.05, 0) is 64.6 Å². The number of hydrogen-bond acceptors (Lipinski definition) is 4. The molecule has 0 aromatic heterocycles. The molecule has 0 radical (unpaired) electrons. The van der Waals surface area contributed by atoms with Crippen molar-refractivity contribution in [3.8, 4) is 0 Å². The van der Waals surface area contributed by atoms with Crippen molar-refractivity contribution in [2.24, 2.45) is 5.92 Å². The molecule has 0 aliphatic carbocycles. The number of nitrogens with zero attached hydrogens (tertiary/aromatic N) is 1. The molecule has 0 bridgehead atoms. The number of aliphatic carboxylic acids is 1. The summed E-state index contributed by atoms with van der Waals surface area (Å²) in [5, 5.41) is 11.9. The molecule has 1 atom stereocenters. The van der Waals surface area contributed by atoms with Gasteiger partial charge in [-0.1, -0.05) is 30.3 Å². The van der Waals surface area contributed by atoms with Crippen LogP contribution in [-0.2, 0) is 16.1 Å². The van der Waals surface area contributed by atoms with E-state index in [9.17, 15) is 14.7 Å². The van der Waals surface area contributed by atoms with Gasteiger partial charge in [0, 0.05) is 6.54 Å². The lowest BCUT2D eigenvalue weighted by Crippen LogP contribution is -2.45. The second kappa shape index (κ2) is 9.03. The van der Waals surface area contributed by atoms with E-state index >= 15 is 0 Å². The maximum atomic E-state index is 11.9. The first-order valence-electron chi connectivity index (χ1n) is 9.21. The van der Waals surface area contributed by atoms with Gasteiger partial charge >= 0.3 is 12.1 Å². The van der Waals surface area contributed by atoms with Crippen LogP contribution in [0.3, 0.4) is 0 Å². The molecule has 26 heavy (non-hydrogen) atoms. The Balaban J connectivity index is 1.80. The van der Waals surface area contributed by atoms with Crippen LogP contribution in [0.1, 0.15) is 45.6 Å². The van der Waals surface area contributed by atoms with Crippen LogP contribution in [0.15, 0.2) is 30.3 Å². The highest BCUT2D eigenvalue weighted by Crippen LogP contribution is 2.23. The zero-order valence-electron chi connectivity index (χ0n) is 15.9. The van der Waals surface area contributed by atoms with Gasteiger partial charge in [-0.15, -0.1) is 0 Å². The van der Waals surface area contributed by atoms with E-state index in [1.165, 1.54) is 5.56 Å². The SMILES string of the molecule is CC(C)(C)OC(=O)NC(CC1CCN(Cc2ccccc2)CC1)C(=O)O. The molecule has 1 aromatic carbocycles. The summed E-state index contributed by atoms with van der Waals surface area (Å²) in [5.74, 6) is -0.722. The van der Waals surface area contributed by atoms with Crippen molar-refractivity contribution < 1.29 is 19.4 Å². The lowest BCUT2D eigenvalue weighted by molar-refractivity contribution is -0.140. The summed E-state index contributed by atoms with van der Waals surface area (Å²) >= 11 is 0. The summed E-state index contributed by atoms with van der Waals surface area (Å²) in [6, 6.07) is 9.44. The fraction of sp³-hybridized carbons (Fsp3) is 0.600. The number of alkyl carbamates (subject to hydrolysis) is 1. The molecule has 1 aliphatic heterocycles. The van der Waals surface area contributed by atoms with E-state index in [0.29, 0.717) is 6.42 Å². The van der Waals surface area contributed by atoms with E-state index in [1.807, 2.05) is 18.2 Å². The number of carboxylic acids is 1. The monoisotopic (exact) mass is 362 g/mol. The molecule has 1 heterocycles. The molecular weight excluding hydrogens is 332 g/mol. The zero-order chi connectivity index (χ0) is 19.2. The highest BCUT2D eigenvalue weighted by molar-refractivity contribution is 5.80. The summed E-state index contributed by atoms with van der Waals surface area (Å²) < 4.78 is 5.17. The molecule has 1 aromatic rings. The van der Waals surface area contributed by atoms with Crippen LogP contribution in [0.25, 0.3) is 0 Å². The van der Waals surface area contributed by atoms with Gasteiger partial charge in [0.2, 0.25) is 0 Å². The molecule has 0 saturated carbocycles. The number of carbonyl (C=O) groups is 2. The highest BCUT2D eigenvalue weighted by Gasteiger charge is 2.28. The standard InChI is InChI=1S/C20H30N2O4/c1-20(2,3)26-19(25)21-17(18(23)24)13-15-9-11-22(12-10-15)14-16-7-5-4-6-8-16/h4-8,15,17H,9-14H2,1-3H3,(H,21,25)(H,23,24). The Labute approximate surface area is 155 Å². The molecule has 1 saturated heterocycles. The van der Waals surface area contributed by atoms with E-state index < -0.39 is 23.7 Å². The third kappa shape index (κ3) is 7.04. The molecule has 6 nitrogen and oxygen atoms in total. The molecule has 1 fully saturated rings. The number of carboxylic acid groups (broad SMARTS) is 1. The number of hydrogen-bond donors (Lipinski definition) is 2. The number of carbonyl (C=O) groups excluding carboxylic acids is 1. The Hall–Kier alpha value is -2.08. The van der Waals surface area contributed by atoms with Crippen LogP contribution < -0.4 is 5.32 Å². The molecule has 0 spiro atoms. The highest BCUT2D eigenvalue weighted by atomic mass is 16.6. The quantitative estimate of drug-likeness (QED) is 0.812. The summed E-state index contributed by atoms with van der Waals surface area (Å²) in [5.41, 5.74) is 0.650. The van der Waals surface area contributed by atoms with Gasteiger partial charge in [0.15, 0.2) is 0 Å². The fourth-order valence-electron chi connectivity index (χ4n) is 3.23. The fourth-order valence-corrected chi connectivity index (χ4v) is 3.23. The first-order valence-corrected chi connectivity index (χ1v) is 9.21. The first kappa shape index (κ1) is 20.2. The van der Waals surface area contributed by atoms with Crippen LogP contribution in [0, 0.1) is 5.92 Å². The number of ether oxygens (including phenoxy) is 1. The summed E-state index contributed by atoms with van der Waals surface area (Å²) in [4.78, 5) is 25.8. The number of rotatable bonds is 6. The minimum absolute atomic E-state index is 0.290.